The lowest BCUT2D eigenvalue weighted by Gasteiger charge is -2.25. The van der Waals surface area contributed by atoms with Gasteiger partial charge in [0.15, 0.2) is 0 Å². The predicted octanol–water partition coefficient (Wildman–Crippen LogP) is 2.03. The molecule has 0 aromatic rings. The molecule has 80 valence electrons. The van der Waals surface area contributed by atoms with Crippen LogP contribution in [0, 0.1) is 11.8 Å². The smallest absolute Gasteiger partial charge is 0.0471 e. The Kier molecular flexibility index (Phi) is 6.35. The van der Waals surface area contributed by atoms with Crippen molar-refractivity contribution in [2.24, 2.45) is 11.8 Å². The zero-order chi connectivity index (χ0) is 10.4. The van der Waals surface area contributed by atoms with Crippen molar-refractivity contribution in [3.63, 3.8) is 0 Å². The van der Waals surface area contributed by atoms with E-state index in [1.165, 1.54) is 6.42 Å². The Morgan fingerprint density at radius 3 is 2.00 bits per heavy atom. The second kappa shape index (κ2) is 6.39. The monoisotopic (exact) mass is 187 g/mol. The highest BCUT2D eigenvalue weighted by molar-refractivity contribution is 4.72. The Bertz CT molecular complexity index is 125. The molecule has 0 fully saturated rings. The van der Waals surface area contributed by atoms with Crippen LogP contribution in [0.5, 0.6) is 0 Å². The van der Waals surface area contributed by atoms with E-state index in [1.54, 1.807) is 0 Å². The molecule has 0 aromatic carbocycles. The molecule has 0 radical (unpaired) electrons. The van der Waals surface area contributed by atoms with Crippen molar-refractivity contribution in [1.29, 1.82) is 0 Å². The van der Waals surface area contributed by atoms with Crippen LogP contribution in [0.1, 0.15) is 41.0 Å². The minimum absolute atomic E-state index is 0.266. The molecule has 0 spiro atoms. The molecule has 0 heterocycles. The fraction of sp³-hybridized carbons (Fsp3) is 1.00. The highest BCUT2D eigenvalue weighted by Crippen LogP contribution is 2.07. The van der Waals surface area contributed by atoms with Crippen LogP contribution in [0.25, 0.3) is 0 Å². The first-order chi connectivity index (χ1) is 5.97. The molecule has 2 nitrogen and oxygen atoms in total. The maximum Gasteiger partial charge on any atom is 0.0471 e. The van der Waals surface area contributed by atoms with Gasteiger partial charge in [-0.2, -0.15) is 0 Å². The average molecular weight is 187 g/mol. The van der Waals surface area contributed by atoms with Crippen LogP contribution in [-0.2, 0) is 0 Å². The number of hydrogen-bond acceptors (Lipinski definition) is 2. The third-order valence-corrected chi connectivity index (χ3v) is 2.51. The number of hydrogen-bond donors (Lipinski definition) is 2. The molecule has 0 aromatic heterocycles. The number of aliphatic hydroxyl groups is 1. The van der Waals surface area contributed by atoms with Gasteiger partial charge in [-0.1, -0.05) is 20.8 Å². The van der Waals surface area contributed by atoms with Crippen LogP contribution in [0.15, 0.2) is 0 Å². The first-order valence-corrected chi connectivity index (χ1v) is 5.34. The van der Waals surface area contributed by atoms with E-state index in [9.17, 15) is 0 Å². The van der Waals surface area contributed by atoms with Crippen molar-refractivity contribution in [2.75, 3.05) is 6.61 Å². The van der Waals surface area contributed by atoms with Crippen molar-refractivity contribution < 1.29 is 5.11 Å². The summed E-state index contributed by atoms with van der Waals surface area (Å²) >= 11 is 0. The second-order valence-corrected chi connectivity index (χ2v) is 4.65. The summed E-state index contributed by atoms with van der Waals surface area (Å²) in [6.07, 6.45) is 1.20. The molecule has 0 bridgehead atoms. The maximum atomic E-state index is 8.96. The van der Waals surface area contributed by atoms with Gasteiger partial charge in [0.2, 0.25) is 0 Å². The van der Waals surface area contributed by atoms with Gasteiger partial charge in [-0.15, -0.1) is 0 Å². The van der Waals surface area contributed by atoms with Crippen LogP contribution in [0.2, 0.25) is 0 Å². The zero-order valence-corrected chi connectivity index (χ0v) is 9.67. The molecule has 0 aliphatic heterocycles. The van der Waals surface area contributed by atoms with Crippen molar-refractivity contribution in [2.45, 2.75) is 53.1 Å². The quantitative estimate of drug-likeness (QED) is 0.667. The SMILES string of the molecule is CC(C)CC(C)NC(C)C(C)CO. The third-order valence-electron chi connectivity index (χ3n) is 2.51. The fourth-order valence-electron chi connectivity index (χ4n) is 1.55. The van der Waals surface area contributed by atoms with Crippen LogP contribution < -0.4 is 5.32 Å². The van der Waals surface area contributed by atoms with Gasteiger partial charge >= 0.3 is 0 Å². The number of nitrogens with one attached hydrogen (secondary N) is 1. The van der Waals surface area contributed by atoms with E-state index in [0.29, 0.717) is 18.0 Å². The largest absolute Gasteiger partial charge is 0.396 e. The maximum absolute atomic E-state index is 8.96. The third kappa shape index (κ3) is 6.05. The van der Waals surface area contributed by atoms with Gasteiger partial charge in [0, 0.05) is 18.7 Å². The molecule has 0 amide bonds. The van der Waals surface area contributed by atoms with Crippen LogP contribution in [-0.4, -0.2) is 23.8 Å². The first-order valence-electron chi connectivity index (χ1n) is 5.34. The van der Waals surface area contributed by atoms with Gasteiger partial charge < -0.3 is 10.4 Å². The average Bonchev–Trinajstić information content (AvgIpc) is 2.01. The summed E-state index contributed by atoms with van der Waals surface area (Å²) in [5.41, 5.74) is 0. The van der Waals surface area contributed by atoms with Crippen LogP contribution >= 0.6 is 0 Å². The number of aliphatic hydroxyl groups excluding tert-OH is 1. The molecule has 0 saturated carbocycles. The molecule has 3 atom stereocenters. The van der Waals surface area contributed by atoms with Gasteiger partial charge in [-0.3, -0.25) is 0 Å². The Hall–Kier alpha value is -0.0800. The van der Waals surface area contributed by atoms with Crippen LogP contribution in [0.4, 0.5) is 0 Å². The normalized spacial score (nSPS) is 18.7. The first kappa shape index (κ1) is 12.9. The Labute approximate surface area is 82.7 Å². The molecular formula is C11H25NO. The molecule has 2 heteroatoms. The van der Waals surface area contributed by atoms with Crippen molar-refractivity contribution in [1.82, 2.24) is 5.32 Å². The lowest BCUT2D eigenvalue weighted by Crippen LogP contribution is -2.40. The van der Waals surface area contributed by atoms with E-state index in [0.717, 1.165) is 5.92 Å². The van der Waals surface area contributed by atoms with Crippen molar-refractivity contribution in [3.05, 3.63) is 0 Å². The summed E-state index contributed by atoms with van der Waals surface area (Å²) in [5, 5.41) is 12.5. The molecule has 3 unspecified atom stereocenters. The van der Waals surface area contributed by atoms with Crippen LogP contribution in [0.3, 0.4) is 0 Å². The Balaban J connectivity index is 3.70. The lowest BCUT2D eigenvalue weighted by atomic mass is 10.0. The molecule has 2 N–H and O–H groups in total. The summed E-state index contributed by atoms with van der Waals surface area (Å²) < 4.78 is 0. The van der Waals surface area contributed by atoms with Gasteiger partial charge in [0.25, 0.3) is 0 Å². The zero-order valence-electron chi connectivity index (χ0n) is 9.67. The Morgan fingerprint density at radius 2 is 1.62 bits per heavy atom. The van der Waals surface area contributed by atoms with E-state index in [2.05, 4.69) is 39.9 Å². The second-order valence-electron chi connectivity index (χ2n) is 4.65. The molecule has 0 aliphatic carbocycles. The predicted molar refractivity (Wildman–Crippen MR) is 57.8 cm³/mol. The summed E-state index contributed by atoms with van der Waals surface area (Å²) in [4.78, 5) is 0. The Morgan fingerprint density at radius 1 is 1.08 bits per heavy atom. The fourth-order valence-corrected chi connectivity index (χ4v) is 1.55. The van der Waals surface area contributed by atoms with Crippen molar-refractivity contribution >= 4 is 0 Å². The van der Waals surface area contributed by atoms with Gasteiger partial charge in [0.1, 0.15) is 0 Å². The summed E-state index contributed by atoms with van der Waals surface area (Å²) in [6.45, 7) is 11.2. The van der Waals surface area contributed by atoms with Gasteiger partial charge in [-0.05, 0) is 32.1 Å². The summed E-state index contributed by atoms with van der Waals surface area (Å²) in [7, 11) is 0. The molecule has 0 aliphatic rings. The summed E-state index contributed by atoms with van der Waals surface area (Å²) in [6, 6.07) is 0.947. The highest BCUT2D eigenvalue weighted by atomic mass is 16.3. The standard InChI is InChI=1S/C11H25NO/c1-8(2)6-10(4)12-11(5)9(3)7-13/h8-13H,6-7H2,1-5H3. The molecular weight excluding hydrogens is 162 g/mol. The minimum Gasteiger partial charge on any atom is -0.396 e. The van der Waals surface area contributed by atoms with E-state index in [1.807, 2.05) is 0 Å². The van der Waals surface area contributed by atoms with Gasteiger partial charge in [-0.25, -0.2) is 0 Å². The highest BCUT2D eigenvalue weighted by Gasteiger charge is 2.13. The van der Waals surface area contributed by atoms with E-state index in [-0.39, 0.29) is 6.61 Å². The van der Waals surface area contributed by atoms with E-state index < -0.39 is 0 Å². The molecule has 0 saturated heterocycles. The summed E-state index contributed by atoms with van der Waals surface area (Å²) in [5.74, 6) is 1.08. The molecule has 0 rings (SSSR count). The van der Waals surface area contributed by atoms with Gasteiger partial charge in [0.05, 0.1) is 0 Å². The topological polar surface area (TPSA) is 32.3 Å². The van der Waals surface area contributed by atoms with E-state index in [4.69, 9.17) is 5.11 Å². The van der Waals surface area contributed by atoms with Crippen molar-refractivity contribution in [3.8, 4) is 0 Å². The minimum atomic E-state index is 0.266. The number of rotatable bonds is 6. The molecule has 13 heavy (non-hydrogen) atoms. The van der Waals surface area contributed by atoms with E-state index >= 15 is 0 Å². The lowest BCUT2D eigenvalue weighted by molar-refractivity contribution is 0.199.